The number of hydrogen-bond acceptors (Lipinski definition) is 7. The molecule has 0 saturated heterocycles. The molecule has 0 radical (unpaired) electrons. The summed E-state index contributed by atoms with van der Waals surface area (Å²) in [6.45, 7) is 1.80. The van der Waals surface area contributed by atoms with Gasteiger partial charge in [-0.1, -0.05) is 0 Å². The molecule has 134 valence electrons. The molecule has 2 aromatic rings. The predicted molar refractivity (Wildman–Crippen MR) is 84.3 cm³/mol. The van der Waals surface area contributed by atoms with E-state index in [1.807, 2.05) is 12.1 Å². The van der Waals surface area contributed by atoms with Crippen LogP contribution in [0.5, 0.6) is 5.75 Å². The van der Waals surface area contributed by atoms with Gasteiger partial charge in [0.15, 0.2) is 0 Å². The predicted octanol–water partition coefficient (Wildman–Crippen LogP) is 1.51. The van der Waals surface area contributed by atoms with Crippen LogP contribution in [0.4, 0.5) is 5.69 Å². The summed E-state index contributed by atoms with van der Waals surface area (Å²) >= 11 is 0. The molecule has 0 amide bonds. The summed E-state index contributed by atoms with van der Waals surface area (Å²) < 4.78 is 10.6. The van der Waals surface area contributed by atoms with Gasteiger partial charge in [0.05, 0.1) is 17.7 Å². The first kappa shape index (κ1) is 19.6. The second kappa shape index (κ2) is 10.4. The molecule has 0 atom stereocenters. The molecule has 0 unspecified atom stereocenters. The number of nitro benzene ring substituents is 1. The topological polar surface area (TPSA) is 152 Å². The Balaban J connectivity index is 0.000000450. The number of carboxylic acids is 2. The van der Waals surface area contributed by atoms with Crippen LogP contribution in [0.25, 0.3) is 0 Å². The highest BCUT2D eigenvalue weighted by molar-refractivity contribution is 6.27. The van der Waals surface area contributed by atoms with E-state index in [2.05, 4.69) is 5.32 Å². The maximum Gasteiger partial charge on any atom is 0.414 e. The molecule has 0 spiro atoms. The van der Waals surface area contributed by atoms with Gasteiger partial charge in [-0.3, -0.25) is 10.1 Å². The summed E-state index contributed by atoms with van der Waals surface area (Å²) in [7, 11) is 0. The number of benzene rings is 1. The fraction of sp³-hybridized carbons (Fsp3) is 0.200. The van der Waals surface area contributed by atoms with E-state index in [0.717, 1.165) is 5.76 Å². The average Bonchev–Trinajstić information content (AvgIpc) is 3.09. The minimum Gasteiger partial charge on any atom is -0.492 e. The number of carboxylic acid groups (broad SMARTS) is 2. The Morgan fingerprint density at radius 2 is 1.80 bits per heavy atom. The lowest BCUT2D eigenvalue weighted by Gasteiger charge is -2.06. The molecule has 0 fully saturated rings. The summed E-state index contributed by atoms with van der Waals surface area (Å²) in [6, 6.07) is 9.75. The van der Waals surface area contributed by atoms with Gasteiger partial charge < -0.3 is 24.7 Å². The lowest BCUT2D eigenvalue weighted by molar-refractivity contribution is -0.384. The molecular formula is C15H16N2O8. The van der Waals surface area contributed by atoms with Crippen LogP contribution in [0.1, 0.15) is 5.76 Å². The van der Waals surface area contributed by atoms with Crippen molar-refractivity contribution in [3.05, 3.63) is 58.5 Å². The highest BCUT2D eigenvalue weighted by atomic mass is 16.6. The second-order valence-electron chi connectivity index (χ2n) is 4.47. The number of nitrogens with zero attached hydrogens (tertiary/aromatic N) is 1. The van der Waals surface area contributed by atoms with Crippen molar-refractivity contribution in [1.82, 2.24) is 5.32 Å². The largest absolute Gasteiger partial charge is 0.492 e. The van der Waals surface area contributed by atoms with E-state index in [4.69, 9.17) is 29.0 Å². The quantitative estimate of drug-likeness (QED) is 0.291. The fourth-order valence-electron chi connectivity index (χ4n) is 1.53. The number of non-ortho nitro benzene ring substituents is 1. The summed E-state index contributed by atoms with van der Waals surface area (Å²) in [5.41, 5.74) is 0.0586. The minimum atomic E-state index is -1.82. The van der Waals surface area contributed by atoms with E-state index in [0.29, 0.717) is 25.4 Å². The van der Waals surface area contributed by atoms with Gasteiger partial charge in [0.25, 0.3) is 5.69 Å². The summed E-state index contributed by atoms with van der Waals surface area (Å²) in [4.78, 5) is 28.2. The third-order valence-corrected chi connectivity index (χ3v) is 2.66. The zero-order chi connectivity index (χ0) is 18.7. The number of aliphatic carboxylic acids is 2. The van der Waals surface area contributed by atoms with Gasteiger partial charge in [-0.15, -0.1) is 0 Å². The van der Waals surface area contributed by atoms with Crippen molar-refractivity contribution < 1.29 is 33.9 Å². The second-order valence-corrected chi connectivity index (χ2v) is 4.47. The lowest BCUT2D eigenvalue weighted by Crippen LogP contribution is -2.20. The van der Waals surface area contributed by atoms with E-state index in [9.17, 15) is 10.1 Å². The molecular weight excluding hydrogens is 336 g/mol. The molecule has 3 N–H and O–H groups in total. The standard InChI is InChI=1S/C13H14N2O4.C2H2O4/c16-15(17)11-3-5-12(6-4-11)19-9-7-14-10-13-2-1-8-18-13;3-1(4)2(5)6/h1-6,8,14H,7,9-10H2;(H,3,4)(H,5,6). The molecule has 10 heteroatoms. The maximum atomic E-state index is 10.5. The van der Waals surface area contributed by atoms with Crippen molar-refractivity contribution in [2.24, 2.45) is 0 Å². The van der Waals surface area contributed by atoms with E-state index < -0.39 is 16.9 Å². The zero-order valence-electron chi connectivity index (χ0n) is 13.0. The normalized spacial score (nSPS) is 9.60. The third kappa shape index (κ3) is 8.13. The van der Waals surface area contributed by atoms with E-state index in [1.165, 1.54) is 12.1 Å². The number of furan rings is 1. The number of rotatable bonds is 7. The van der Waals surface area contributed by atoms with Gasteiger partial charge in [0, 0.05) is 18.7 Å². The van der Waals surface area contributed by atoms with Crippen LogP contribution in [-0.2, 0) is 16.1 Å². The van der Waals surface area contributed by atoms with Crippen molar-refractivity contribution in [3.8, 4) is 5.75 Å². The summed E-state index contributed by atoms with van der Waals surface area (Å²) in [5.74, 6) is -2.16. The average molecular weight is 352 g/mol. The molecule has 0 aliphatic rings. The van der Waals surface area contributed by atoms with Crippen molar-refractivity contribution in [3.63, 3.8) is 0 Å². The Bertz CT molecular complexity index is 670. The van der Waals surface area contributed by atoms with Crippen molar-refractivity contribution in [2.45, 2.75) is 6.54 Å². The molecule has 1 aromatic heterocycles. The van der Waals surface area contributed by atoms with Crippen molar-refractivity contribution >= 4 is 17.6 Å². The fourth-order valence-corrected chi connectivity index (χ4v) is 1.53. The van der Waals surface area contributed by atoms with Crippen molar-refractivity contribution in [1.29, 1.82) is 0 Å². The Morgan fingerprint density at radius 3 is 2.28 bits per heavy atom. The van der Waals surface area contributed by atoms with E-state index >= 15 is 0 Å². The van der Waals surface area contributed by atoms with Crippen LogP contribution in [0, 0.1) is 10.1 Å². The van der Waals surface area contributed by atoms with Gasteiger partial charge >= 0.3 is 11.9 Å². The first-order valence-electron chi connectivity index (χ1n) is 6.96. The Hall–Kier alpha value is -3.40. The number of nitrogens with one attached hydrogen (secondary N) is 1. The molecule has 0 aliphatic carbocycles. The highest BCUT2D eigenvalue weighted by Crippen LogP contribution is 2.16. The number of nitro groups is 1. The molecule has 1 aromatic carbocycles. The molecule has 0 aliphatic heterocycles. The molecule has 0 bridgehead atoms. The van der Waals surface area contributed by atoms with Crippen LogP contribution in [0.15, 0.2) is 47.1 Å². The van der Waals surface area contributed by atoms with Crippen LogP contribution >= 0.6 is 0 Å². The van der Waals surface area contributed by atoms with Gasteiger partial charge in [0.1, 0.15) is 18.1 Å². The van der Waals surface area contributed by atoms with Crippen molar-refractivity contribution in [2.75, 3.05) is 13.2 Å². The van der Waals surface area contributed by atoms with Crippen LogP contribution < -0.4 is 10.1 Å². The van der Waals surface area contributed by atoms with Crippen LogP contribution in [0.2, 0.25) is 0 Å². The SMILES string of the molecule is O=C(O)C(=O)O.O=[N+]([O-])c1ccc(OCCNCc2ccco2)cc1. The summed E-state index contributed by atoms with van der Waals surface area (Å²) in [5, 5.41) is 28.4. The van der Waals surface area contributed by atoms with Gasteiger partial charge in [-0.2, -0.15) is 0 Å². The number of carbonyl (C=O) groups is 2. The molecule has 0 saturated carbocycles. The first-order valence-corrected chi connectivity index (χ1v) is 6.96. The number of hydrogen-bond donors (Lipinski definition) is 3. The Kier molecular flexibility index (Phi) is 8.16. The highest BCUT2D eigenvalue weighted by Gasteiger charge is 2.04. The third-order valence-electron chi connectivity index (χ3n) is 2.66. The maximum absolute atomic E-state index is 10.5. The Labute approximate surface area is 141 Å². The minimum absolute atomic E-state index is 0.0586. The molecule has 1 heterocycles. The molecule has 2 rings (SSSR count). The molecule has 25 heavy (non-hydrogen) atoms. The van der Waals surface area contributed by atoms with Gasteiger partial charge in [0.2, 0.25) is 0 Å². The smallest absolute Gasteiger partial charge is 0.414 e. The monoisotopic (exact) mass is 352 g/mol. The van der Waals surface area contributed by atoms with Crippen LogP contribution in [-0.4, -0.2) is 40.2 Å². The van der Waals surface area contributed by atoms with Gasteiger partial charge in [-0.25, -0.2) is 9.59 Å². The molecule has 10 nitrogen and oxygen atoms in total. The van der Waals surface area contributed by atoms with Crippen LogP contribution in [0.3, 0.4) is 0 Å². The number of ether oxygens (including phenoxy) is 1. The zero-order valence-corrected chi connectivity index (χ0v) is 13.0. The van der Waals surface area contributed by atoms with E-state index in [-0.39, 0.29) is 5.69 Å². The first-order chi connectivity index (χ1) is 11.9. The lowest BCUT2D eigenvalue weighted by atomic mass is 10.3. The van der Waals surface area contributed by atoms with E-state index in [1.54, 1.807) is 18.4 Å². The summed E-state index contributed by atoms with van der Waals surface area (Å²) in [6.07, 6.45) is 1.63. The Morgan fingerprint density at radius 1 is 1.16 bits per heavy atom. The van der Waals surface area contributed by atoms with Gasteiger partial charge in [-0.05, 0) is 24.3 Å².